The number of amides is 1. The molecule has 1 atom stereocenters. The van der Waals surface area contributed by atoms with E-state index in [9.17, 15) is 18.0 Å². The van der Waals surface area contributed by atoms with E-state index in [-0.39, 0.29) is 12.5 Å². The van der Waals surface area contributed by atoms with Crippen LogP contribution < -0.4 is 0 Å². The molecule has 5 rings (SSSR count). The van der Waals surface area contributed by atoms with Gasteiger partial charge in [-0.05, 0) is 29.3 Å². The number of nitrogens with one attached hydrogen (secondary N) is 1. The van der Waals surface area contributed by atoms with Gasteiger partial charge in [-0.3, -0.25) is 4.79 Å². The van der Waals surface area contributed by atoms with Gasteiger partial charge in [-0.2, -0.15) is 13.2 Å². The fraction of sp³-hybridized carbons (Fsp3) is 0.192. The molecule has 0 radical (unpaired) electrons. The third-order valence-electron chi connectivity index (χ3n) is 5.91. The molecule has 7 heteroatoms. The van der Waals surface area contributed by atoms with Crippen molar-refractivity contribution < 1.29 is 22.7 Å². The van der Waals surface area contributed by atoms with E-state index in [1.165, 1.54) is 12.1 Å². The number of fused-ring (bicyclic) bond motifs is 3. The van der Waals surface area contributed by atoms with E-state index in [0.717, 1.165) is 28.6 Å². The first kappa shape index (κ1) is 21.3. The summed E-state index contributed by atoms with van der Waals surface area (Å²) in [5.41, 5.74) is 2.67. The summed E-state index contributed by atoms with van der Waals surface area (Å²) >= 11 is 0. The minimum absolute atomic E-state index is 0.162. The summed E-state index contributed by atoms with van der Waals surface area (Å²) in [5, 5.41) is 0.812. The lowest BCUT2D eigenvalue weighted by Crippen LogP contribution is -2.36. The van der Waals surface area contributed by atoms with Gasteiger partial charge in [0.2, 0.25) is 0 Å². The maximum absolute atomic E-state index is 13.6. The maximum atomic E-state index is 13.6. The Morgan fingerprint density at radius 2 is 1.64 bits per heavy atom. The van der Waals surface area contributed by atoms with E-state index >= 15 is 0 Å². The van der Waals surface area contributed by atoms with E-state index in [1.54, 1.807) is 4.90 Å². The minimum Gasteiger partial charge on any atom is -0.367 e. The summed E-state index contributed by atoms with van der Waals surface area (Å²) in [4.78, 5) is 18.6. The number of halogens is 3. The fourth-order valence-electron chi connectivity index (χ4n) is 4.29. The van der Waals surface area contributed by atoms with Crippen molar-refractivity contribution in [2.24, 2.45) is 0 Å². The Hall–Kier alpha value is -3.58. The van der Waals surface area contributed by atoms with Crippen molar-refractivity contribution in [2.75, 3.05) is 13.2 Å². The Morgan fingerprint density at radius 1 is 0.939 bits per heavy atom. The molecule has 0 saturated heterocycles. The second kappa shape index (κ2) is 8.41. The number of hydrogen-bond acceptors (Lipinski definition) is 2. The van der Waals surface area contributed by atoms with Gasteiger partial charge in [0, 0.05) is 29.6 Å². The summed E-state index contributed by atoms with van der Waals surface area (Å²) < 4.78 is 45.4. The topological polar surface area (TPSA) is 45.3 Å². The molecule has 33 heavy (non-hydrogen) atoms. The Bertz CT molecular complexity index is 1280. The van der Waals surface area contributed by atoms with Gasteiger partial charge in [0.05, 0.1) is 12.2 Å². The van der Waals surface area contributed by atoms with Crippen LogP contribution >= 0.6 is 0 Å². The van der Waals surface area contributed by atoms with E-state index < -0.39 is 17.8 Å². The van der Waals surface area contributed by atoms with Crippen molar-refractivity contribution in [1.82, 2.24) is 9.88 Å². The van der Waals surface area contributed by atoms with Crippen molar-refractivity contribution in [3.63, 3.8) is 0 Å². The van der Waals surface area contributed by atoms with Gasteiger partial charge >= 0.3 is 6.18 Å². The smallest absolute Gasteiger partial charge is 0.367 e. The summed E-state index contributed by atoms with van der Waals surface area (Å²) in [6.07, 6.45) is -5.08. The number of hydrogen-bond donors (Lipinski definition) is 1. The molecule has 1 aliphatic heterocycles. The number of aromatic amines is 1. The summed E-state index contributed by atoms with van der Waals surface area (Å²) in [5.74, 6) is -0.162. The number of nitrogens with zero attached hydrogens (tertiary/aromatic N) is 1. The second-order valence-electron chi connectivity index (χ2n) is 8.04. The number of aromatic nitrogens is 1. The summed E-state index contributed by atoms with van der Waals surface area (Å²) in [6.45, 7) is 1.05. The van der Waals surface area contributed by atoms with Crippen molar-refractivity contribution in [2.45, 2.75) is 18.8 Å². The molecule has 1 amide bonds. The molecule has 0 bridgehead atoms. The normalized spacial score (nSPS) is 17.0. The molecule has 1 aliphatic rings. The zero-order chi connectivity index (χ0) is 23.0. The zero-order valence-electron chi connectivity index (χ0n) is 17.6. The standard InChI is InChI=1S/C26H21F3N2O2/c27-26(28,29)19-12-10-18(11-13-19)24-22-20-8-4-5-9-21(20)30-23(22)25(32)31(14-15-33-24)16-17-6-2-1-3-7-17/h1-13,24,30H,14-16H2/t24-/m0/s1. The molecular weight excluding hydrogens is 429 g/mol. The molecule has 0 spiro atoms. The highest BCUT2D eigenvalue weighted by Crippen LogP contribution is 2.38. The average Bonchev–Trinajstić information content (AvgIpc) is 3.19. The van der Waals surface area contributed by atoms with Gasteiger partial charge in [0.1, 0.15) is 11.8 Å². The fourth-order valence-corrected chi connectivity index (χ4v) is 4.29. The van der Waals surface area contributed by atoms with Crippen LogP contribution in [0.25, 0.3) is 10.9 Å². The van der Waals surface area contributed by atoms with Crippen LogP contribution in [-0.4, -0.2) is 28.9 Å². The number of ether oxygens (including phenoxy) is 1. The summed E-state index contributed by atoms with van der Waals surface area (Å²) in [6, 6.07) is 22.1. The first-order valence-corrected chi connectivity index (χ1v) is 10.6. The Morgan fingerprint density at radius 3 is 2.36 bits per heavy atom. The third-order valence-corrected chi connectivity index (χ3v) is 5.91. The molecular formula is C26H21F3N2O2. The SMILES string of the molecule is O=C1c2[nH]c3ccccc3c2[C@H](c2ccc(C(F)(F)F)cc2)OCCN1Cc1ccccc1. The number of carbonyl (C=O) groups is 1. The van der Waals surface area contributed by atoms with Gasteiger partial charge in [-0.25, -0.2) is 0 Å². The van der Waals surface area contributed by atoms with Gasteiger partial charge in [-0.15, -0.1) is 0 Å². The molecule has 4 nitrogen and oxygen atoms in total. The van der Waals surface area contributed by atoms with E-state index in [0.29, 0.717) is 29.9 Å². The first-order valence-electron chi connectivity index (χ1n) is 10.6. The molecule has 1 N–H and O–H groups in total. The van der Waals surface area contributed by atoms with Gasteiger partial charge < -0.3 is 14.6 Å². The average molecular weight is 450 g/mol. The predicted molar refractivity (Wildman–Crippen MR) is 119 cm³/mol. The monoisotopic (exact) mass is 450 g/mol. The van der Waals surface area contributed by atoms with Crippen LogP contribution in [0, 0.1) is 0 Å². The number of H-pyrrole nitrogens is 1. The van der Waals surface area contributed by atoms with Crippen LogP contribution in [0.15, 0.2) is 78.9 Å². The Labute approximate surface area is 188 Å². The van der Waals surface area contributed by atoms with Gasteiger partial charge in [0.15, 0.2) is 0 Å². The van der Waals surface area contributed by atoms with Crippen LogP contribution in [0.1, 0.15) is 38.8 Å². The predicted octanol–water partition coefficient (Wildman–Crippen LogP) is 5.95. The molecule has 4 aromatic rings. The van der Waals surface area contributed by atoms with Crippen LogP contribution in [0.3, 0.4) is 0 Å². The number of carbonyl (C=O) groups excluding carboxylic acids is 1. The Kier molecular flexibility index (Phi) is 5.42. The molecule has 0 unspecified atom stereocenters. The maximum Gasteiger partial charge on any atom is 0.416 e. The third kappa shape index (κ3) is 4.12. The summed E-state index contributed by atoms with van der Waals surface area (Å²) in [7, 11) is 0. The molecule has 0 aliphatic carbocycles. The van der Waals surface area contributed by atoms with Crippen LogP contribution in [0.2, 0.25) is 0 Å². The quantitative estimate of drug-likeness (QED) is 0.419. The number of rotatable bonds is 3. The first-order chi connectivity index (χ1) is 15.9. The zero-order valence-corrected chi connectivity index (χ0v) is 17.6. The van der Waals surface area contributed by atoms with Gasteiger partial charge in [0.25, 0.3) is 5.91 Å². The number of alkyl halides is 3. The largest absolute Gasteiger partial charge is 0.416 e. The van der Waals surface area contributed by atoms with E-state index in [2.05, 4.69) is 4.98 Å². The number of para-hydroxylation sites is 1. The van der Waals surface area contributed by atoms with Crippen LogP contribution in [-0.2, 0) is 17.5 Å². The molecule has 3 aromatic carbocycles. The lowest BCUT2D eigenvalue weighted by Gasteiger charge is -2.29. The minimum atomic E-state index is -4.42. The van der Waals surface area contributed by atoms with Crippen LogP contribution in [0.4, 0.5) is 13.2 Å². The molecule has 0 saturated carbocycles. The highest BCUT2D eigenvalue weighted by atomic mass is 19.4. The molecule has 168 valence electrons. The lowest BCUT2D eigenvalue weighted by atomic mass is 9.96. The van der Waals surface area contributed by atoms with Crippen molar-refractivity contribution in [3.8, 4) is 0 Å². The second-order valence-corrected chi connectivity index (χ2v) is 8.04. The van der Waals surface area contributed by atoms with Gasteiger partial charge in [-0.1, -0.05) is 60.7 Å². The van der Waals surface area contributed by atoms with E-state index in [4.69, 9.17) is 4.74 Å². The van der Waals surface area contributed by atoms with Crippen LogP contribution in [0.5, 0.6) is 0 Å². The Balaban J connectivity index is 1.58. The number of benzene rings is 3. The van der Waals surface area contributed by atoms with Crippen molar-refractivity contribution in [3.05, 3.63) is 107 Å². The molecule has 1 aromatic heterocycles. The van der Waals surface area contributed by atoms with E-state index in [1.807, 2.05) is 54.6 Å². The molecule has 0 fully saturated rings. The molecule has 2 heterocycles. The highest BCUT2D eigenvalue weighted by molar-refractivity contribution is 6.01. The lowest BCUT2D eigenvalue weighted by molar-refractivity contribution is -0.137. The highest BCUT2D eigenvalue weighted by Gasteiger charge is 2.33. The van der Waals surface area contributed by atoms with Crippen molar-refractivity contribution >= 4 is 16.8 Å². The van der Waals surface area contributed by atoms with Crippen molar-refractivity contribution in [1.29, 1.82) is 0 Å².